The van der Waals surface area contributed by atoms with Crippen LogP contribution in [0.1, 0.15) is 24.6 Å². The Morgan fingerprint density at radius 1 is 1.13 bits per heavy atom. The van der Waals surface area contributed by atoms with Crippen LogP contribution in [-0.4, -0.2) is 53.0 Å². The molecule has 1 heterocycles. The molecule has 39 heavy (non-hydrogen) atoms. The predicted octanol–water partition coefficient (Wildman–Crippen LogP) is 4.01. The predicted molar refractivity (Wildman–Crippen MR) is 141 cm³/mol. The van der Waals surface area contributed by atoms with Gasteiger partial charge in [-0.3, -0.25) is 14.7 Å². The monoisotopic (exact) mass is 539 g/mol. The Labute approximate surface area is 223 Å². The van der Waals surface area contributed by atoms with Crippen LogP contribution in [0.15, 0.2) is 76.7 Å². The molecule has 3 rings (SSSR count). The molecule has 0 unspecified atom stereocenters. The van der Waals surface area contributed by atoms with E-state index in [9.17, 15) is 22.8 Å². The van der Waals surface area contributed by atoms with Crippen molar-refractivity contribution in [1.29, 1.82) is 5.41 Å². The highest BCUT2D eigenvalue weighted by Gasteiger charge is 2.22. The lowest BCUT2D eigenvalue weighted by Crippen LogP contribution is -2.42. The molecule has 12 heteroatoms. The van der Waals surface area contributed by atoms with Gasteiger partial charge < -0.3 is 20.9 Å². The maximum Gasteiger partial charge on any atom is 0.346 e. The SMILES string of the molecule is CCC1=CC(=N)/C(=C\NC)C=C1N/C(=N/C(=O)N(C)Cc1ccccn1)N(C=O)Cc1cc(F)c(F)cc1F. The molecule has 9 nitrogen and oxygen atoms in total. The van der Waals surface area contributed by atoms with E-state index in [2.05, 4.69) is 20.6 Å². The van der Waals surface area contributed by atoms with E-state index in [1.165, 1.54) is 11.9 Å². The first-order valence-corrected chi connectivity index (χ1v) is 11.9. The smallest absolute Gasteiger partial charge is 0.346 e. The van der Waals surface area contributed by atoms with Crippen LogP contribution in [0.5, 0.6) is 0 Å². The van der Waals surface area contributed by atoms with Crippen LogP contribution >= 0.6 is 0 Å². The molecule has 1 aliphatic carbocycles. The Hall–Kier alpha value is -4.74. The van der Waals surface area contributed by atoms with Gasteiger partial charge in [0, 0.05) is 49.4 Å². The minimum Gasteiger partial charge on any atom is -0.393 e. The molecule has 1 aliphatic rings. The van der Waals surface area contributed by atoms with Crippen molar-refractivity contribution in [2.24, 2.45) is 4.99 Å². The number of hydrogen-bond acceptors (Lipinski definition) is 5. The fourth-order valence-corrected chi connectivity index (χ4v) is 3.64. The molecule has 1 aromatic heterocycles. The van der Waals surface area contributed by atoms with E-state index in [4.69, 9.17) is 5.41 Å². The first-order valence-electron chi connectivity index (χ1n) is 11.9. The summed E-state index contributed by atoms with van der Waals surface area (Å²) in [6.45, 7) is 1.42. The van der Waals surface area contributed by atoms with Crippen LogP contribution in [0.25, 0.3) is 0 Å². The highest BCUT2D eigenvalue weighted by atomic mass is 19.2. The summed E-state index contributed by atoms with van der Waals surface area (Å²) in [5.74, 6) is -4.02. The topological polar surface area (TPSA) is 114 Å². The number of pyridine rings is 1. The number of urea groups is 1. The lowest BCUT2D eigenvalue weighted by molar-refractivity contribution is -0.115. The van der Waals surface area contributed by atoms with E-state index < -0.39 is 30.0 Å². The van der Waals surface area contributed by atoms with Crippen LogP contribution in [0.4, 0.5) is 18.0 Å². The van der Waals surface area contributed by atoms with Crippen molar-refractivity contribution < 1.29 is 22.8 Å². The van der Waals surface area contributed by atoms with E-state index in [-0.39, 0.29) is 23.8 Å². The largest absolute Gasteiger partial charge is 0.393 e. The van der Waals surface area contributed by atoms with Crippen LogP contribution in [0.3, 0.4) is 0 Å². The molecule has 204 valence electrons. The standard InChI is InChI=1S/C27H28F3N7O2/c1-4-17-10-24(31)18(13-32-2)11-25(17)34-26(35-27(39)36(3)15-20-7-5-6-8-33-20)37(16-38)14-19-9-22(29)23(30)12-21(19)28/h5-13,16,31-32H,4,14-15H2,1-3H3,(H,34,35,39)/b18-13-,31-24?. The Morgan fingerprint density at radius 3 is 2.51 bits per heavy atom. The van der Waals surface area contributed by atoms with Gasteiger partial charge in [0.25, 0.3) is 0 Å². The van der Waals surface area contributed by atoms with E-state index in [0.29, 0.717) is 47.5 Å². The van der Waals surface area contributed by atoms with Crippen LogP contribution in [0.2, 0.25) is 0 Å². The minimum atomic E-state index is -1.37. The van der Waals surface area contributed by atoms with E-state index in [1.807, 2.05) is 6.92 Å². The number of aliphatic imine (C=N–C) groups is 1. The summed E-state index contributed by atoms with van der Waals surface area (Å²) in [7, 11) is 3.17. The molecule has 0 atom stereocenters. The van der Waals surface area contributed by atoms with Gasteiger partial charge in [0.2, 0.25) is 12.4 Å². The van der Waals surface area contributed by atoms with E-state index in [1.54, 1.807) is 49.8 Å². The number of nitrogens with one attached hydrogen (secondary N) is 3. The average Bonchev–Trinajstić information content (AvgIpc) is 2.91. The van der Waals surface area contributed by atoms with Gasteiger partial charge in [0.05, 0.1) is 24.5 Å². The third-order valence-corrected chi connectivity index (χ3v) is 5.69. The molecular formula is C27H28F3N7O2. The first-order chi connectivity index (χ1) is 18.7. The van der Waals surface area contributed by atoms with Crippen LogP contribution in [-0.2, 0) is 17.9 Å². The zero-order valence-corrected chi connectivity index (χ0v) is 21.6. The molecule has 0 saturated carbocycles. The maximum atomic E-state index is 14.4. The van der Waals surface area contributed by atoms with Crippen molar-refractivity contribution in [2.45, 2.75) is 26.4 Å². The fraction of sp³-hybridized carbons (Fsp3) is 0.222. The lowest BCUT2D eigenvalue weighted by atomic mass is 9.96. The fourth-order valence-electron chi connectivity index (χ4n) is 3.64. The molecule has 3 amide bonds. The number of guanidine groups is 1. The van der Waals surface area contributed by atoms with Crippen molar-refractivity contribution >= 4 is 24.1 Å². The van der Waals surface area contributed by atoms with E-state index in [0.717, 1.165) is 4.90 Å². The number of carbonyl (C=O) groups is 2. The number of aromatic nitrogens is 1. The molecular weight excluding hydrogens is 511 g/mol. The summed E-state index contributed by atoms with van der Waals surface area (Å²) >= 11 is 0. The molecule has 0 spiro atoms. The third kappa shape index (κ3) is 7.40. The van der Waals surface area contributed by atoms with Gasteiger partial charge in [-0.1, -0.05) is 13.0 Å². The van der Waals surface area contributed by atoms with Crippen molar-refractivity contribution in [1.82, 2.24) is 25.4 Å². The number of hydrogen-bond donors (Lipinski definition) is 3. The number of carbonyl (C=O) groups excluding carboxylic acids is 2. The Balaban J connectivity index is 2.01. The number of halogens is 3. The quantitative estimate of drug-likeness (QED) is 0.203. The number of rotatable bonds is 8. The molecule has 0 aliphatic heterocycles. The Kier molecular flexibility index (Phi) is 9.74. The highest BCUT2D eigenvalue weighted by molar-refractivity contribution is 6.11. The Morgan fingerprint density at radius 2 is 1.87 bits per heavy atom. The molecule has 1 aromatic carbocycles. The van der Waals surface area contributed by atoms with Gasteiger partial charge in [-0.2, -0.15) is 4.99 Å². The average molecular weight is 540 g/mol. The van der Waals surface area contributed by atoms with Gasteiger partial charge in [0.15, 0.2) is 11.6 Å². The summed E-state index contributed by atoms with van der Waals surface area (Å²) in [6.07, 6.45) is 7.23. The molecule has 0 fully saturated rings. The molecule has 2 aromatic rings. The highest BCUT2D eigenvalue weighted by Crippen LogP contribution is 2.22. The number of allylic oxidation sites excluding steroid dienone is 4. The maximum absolute atomic E-state index is 14.4. The second kappa shape index (κ2) is 13.2. The van der Waals surface area contributed by atoms with Crippen molar-refractivity contribution in [3.05, 3.63) is 100 Å². The summed E-state index contributed by atoms with van der Waals surface area (Å²) in [5, 5.41) is 14.0. The molecule has 0 bridgehead atoms. The van der Waals surface area contributed by atoms with Crippen molar-refractivity contribution in [2.75, 3.05) is 14.1 Å². The lowest BCUT2D eigenvalue weighted by Gasteiger charge is -2.25. The van der Waals surface area contributed by atoms with Gasteiger partial charge in [-0.15, -0.1) is 0 Å². The second-order valence-corrected chi connectivity index (χ2v) is 8.49. The number of nitrogens with zero attached hydrogens (tertiary/aromatic N) is 4. The third-order valence-electron chi connectivity index (χ3n) is 5.69. The van der Waals surface area contributed by atoms with Gasteiger partial charge in [0.1, 0.15) is 5.82 Å². The zero-order valence-electron chi connectivity index (χ0n) is 21.6. The van der Waals surface area contributed by atoms with Crippen LogP contribution in [0, 0.1) is 22.9 Å². The summed E-state index contributed by atoms with van der Waals surface area (Å²) < 4.78 is 41.7. The second-order valence-electron chi connectivity index (χ2n) is 8.49. The van der Waals surface area contributed by atoms with Crippen molar-refractivity contribution in [3.8, 4) is 0 Å². The van der Waals surface area contributed by atoms with Crippen molar-refractivity contribution in [3.63, 3.8) is 0 Å². The zero-order chi connectivity index (χ0) is 28.5. The number of amides is 3. The molecule has 0 saturated heterocycles. The van der Waals surface area contributed by atoms with Crippen LogP contribution < -0.4 is 10.6 Å². The van der Waals surface area contributed by atoms with Gasteiger partial charge >= 0.3 is 6.03 Å². The molecule has 0 radical (unpaired) electrons. The minimum absolute atomic E-state index is 0.115. The normalized spacial score (nSPS) is 14.5. The summed E-state index contributed by atoms with van der Waals surface area (Å²) in [4.78, 5) is 35.6. The number of benzene rings is 1. The van der Waals surface area contributed by atoms with Gasteiger partial charge in [-0.25, -0.2) is 18.0 Å². The molecule has 3 N–H and O–H groups in total. The first kappa shape index (κ1) is 28.8. The van der Waals surface area contributed by atoms with E-state index >= 15 is 0 Å². The summed E-state index contributed by atoms with van der Waals surface area (Å²) in [6, 6.07) is 5.50. The Bertz CT molecular complexity index is 1370. The van der Waals surface area contributed by atoms with Gasteiger partial charge in [-0.05, 0) is 42.3 Å². The summed E-state index contributed by atoms with van der Waals surface area (Å²) in [5.41, 5.74) is 2.14.